The summed E-state index contributed by atoms with van der Waals surface area (Å²) in [5, 5.41) is 5.07. The summed E-state index contributed by atoms with van der Waals surface area (Å²) in [5.41, 5.74) is 4.80. The molecule has 18 heavy (non-hydrogen) atoms. The summed E-state index contributed by atoms with van der Waals surface area (Å²) >= 11 is 8.02. The highest BCUT2D eigenvalue weighted by Gasteiger charge is 2.11. The van der Waals surface area contributed by atoms with Gasteiger partial charge in [0, 0.05) is 23.3 Å². The lowest BCUT2D eigenvalue weighted by molar-refractivity contribution is 0.757. The van der Waals surface area contributed by atoms with Crippen LogP contribution in [0.2, 0.25) is 5.15 Å². The van der Waals surface area contributed by atoms with Crippen molar-refractivity contribution >= 4 is 23.4 Å². The SMILES string of the molecule is Cc1ccc(SCc2c(C)nn(C)c2Cl)cc1C. The zero-order chi connectivity index (χ0) is 13.3. The van der Waals surface area contributed by atoms with E-state index in [0.29, 0.717) is 0 Å². The van der Waals surface area contributed by atoms with Crippen molar-refractivity contribution in [2.75, 3.05) is 0 Å². The lowest BCUT2D eigenvalue weighted by Crippen LogP contribution is -1.89. The molecular weight excluding hydrogens is 264 g/mol. The lowest BCUT2D eigenvalue weighted by Gasteiger charge is -2.05. The van der Waals surface area contributed by atoms with Crippen LogP contribution in [0.1, 0.15) is 22.4 Å². The first-order valence-electron chi connectivity index (χ1n) is 5.87. The Bertz CT molecular complexity index is 575. The predicted molar refractivity (Wildman–Crippen MR) is 78.4 cm³/mol. The molecule has 0 aliphatic heterocycles. The molecule has 0 radical (unpaired) electrons. The van der Waals surface area contributed by atoms with E-state index in [9.17, 15) is 0 Å². The monoisotopic (exact) mass is 280 g/mol. The van der Waals surface area contributed by atoms with Crippen LogP contribution >= 0.6 is 23.4 Å². The lowest BCUT2D eigenvalue weighted by atomic mass is 10.1. The van der Waals surface area contributed by atoms with E-state index < -0.39 is 0 Å². The molecule has 2 rings (SSSR count). The van der Waals surface area contributed by atoms with Gasteiger partial charge in [-0.05, 0) is 44.0 Å². The Balaban J connectivity index is 2.14. The number of halogens is 1. The van der Waals surface area contributed by atoms with Crippen molar-refractivity contribution in [3.05, 3.63) is 45.7 Å². The van der Waals surface area contributed by atoms with Gasteiger partial charge in [-0.2, -0.15) is 5.10 Å². The molecule has 1 aromatic carbocycles. The minimum Gasteiger partial charge on any atom is -0.257 e. The number of hydrogen-bond donors (Lipinski definition) is 0. The molecule has 0 aliphatic carbocycles. The molecule has 0 amide bonds. The fourth-order valence-electron chi connectivity index (χ4n) is 1.80. The van der Waals surface area contributed by atoms with Crippen molar-refractivity contribution in [1.29, 1.82) is 0 Å². The van der Waals surface area contributed by atoms with E-state index in [0.717, 1.165) is 22.2 Å². The molecule has 0 N–H and O–H groups in total. The van der Waals surface area contributed by atoms with Crippen LogP contribution in [0, 0.1) is 20.8 Å². The number of rotatable bonds is 3. The molecule has 2 aromatic rings. The molecule has 0 atom stereocenters. The molecule has 0 saturated carbocycles. The summed E-state index contributed by atoms with van der Waals surface area (Å²) in [6.07, 6.45) is 0. The number of aryl methyl sites for hydroxylation is 4. The first kappa shape index (κ1) is 13.5. The topological polar surface area (TPSA) is 17.8 Å². The summed E-state index contributed by atoms with van der Waals surface area (Å²) in [7, 11) is 1.87. The third-order valence-corrected chi connectivity index (χ3v) is 4.62. The molecule has 0 aliphatic rings. The maximum atomic E-state index is 6.22. The first-order valence-corrected chi connectivity index (χ1v) is 7.23. The zero-order valence-corrected chi connectivity index (χ0v) is 12.7. The Morgan fingerprint density at radius 3 is 2.50 bits per heavy atom. The van der Waals surface area contributed by atoms with E-state index in [-0.39, 0.29) is 0 Å². The Hall–Kier alpha value is -0.930. The third kappa shape index (κ3) is 2.73. The standard InChI is InChI=1S/C14H17ClN2S/c1-9-5-6-12(7-10(9)2)18-8-13-11(3)16-17(4)14(13)15/h5-7H,8H2,1-4H3. The van der Waals surface area contributed by atoms with Crippen LogP contribution in [0.4, 0.5) is 0 Å². The fraction of sp³-hybridized carbons (Fsp3) is 0.357. The number of thioether (sulfide) groups is 1. The van der Waals surface area contributed by atoms with E-state index in [2.05, 4.69) is 37.1 Å². The van der Waals surface area contributed by atoms with Crippen LogP contribution < -0.4 is 0 Å². The van der Waals surface area contributed by atoms with Gasteiger partial charge in [0.05, 0.1) is 5.69 Å². The van der Waals surface area contributed by atoms with E-state index >= 15 is 0 Å². The highest BCUT2D eigenvalue weighted by Crippen LogP contribution is 2.29. The molecule has 2 nitrogen and oxygen atoms in total. The molecule has 0 fully saturated rings. The fourth-order valence-corrected chi connectivity index (χ4v) is 3.20. The normalized spacial score (nSPS) is 10.9. The number of nitrogens with zero attached hydrogens (tertiary/aromatic N) is 2. The second-order valence-electron chi connectivity index (χ2n) is 4.51. The van der Waals surface area contributed by atoms with Crippen molar-refractivity contribution in [1.82, 2.24) is 9.78 Å². The molecule has 0 saturated heterocycles. The summed E-state index contributed by atoms with van der Waals surface area (Å²) < 4.78 is 1.73. The highest BCUT2D eigenvalue weighted by atomic mass is 35.5. The van der Waals surface area contributed by atoms with Crippen molar-refractivity contribution in [3.63, 3.8) is 0 Å². The van der Waals surface area contributed by atoms with Gasteiger partial charge in [0.25, 0.3) is 0 Å². The Morgan fingerprint density at radius 2 is 1.94 bits per heavy atom. The van der Waals surface area contributed by atoms with E-state index in [1.807, 2.05) is 14.0 Å². The third-order valence-electron chi connectivity index (χ3n) is 3.13. The zero-order valence-electron chi connectivity index (χ0n) is 11.1. The molecule has 1 aromatic heterocycles. The van der Waals surface area contributed by atoms with Crippen molar-refractivity contribution in [2.24, 2.45) is 7.05 Å². The molecule has 4 heteroatoms. The number of aromatic nitrogens is 2. The number of hydrogen-bond acceptors (Lipinski definition) is 2. The van der Waals surface area contributed by atoms with E-state index in [4.69, 9.17) is 11.6 Å². The van der Waals surface area contributed by atoms with Gasteiger partial charge in [-0.3, -0.25) is 4.68 Å². The van der Waals surface area contributed by atoms with Crippen molar-refractivity contribution < 1.29 is 0 Å². The summed E-state index contributed by atoms with van der Waals surface area (Å²) in [6, 6.07) is 6.54. The maximum Gasteiger partial charge on any atom is 0.131 e. The second kappa shape index (κ2) is 5.37. The Morgan fingerprint density at radius 1 is 1.22 bits per heavy atom. The van der Waals surface area contributed by atoms with E-state index in [1.165, 1.54) is 16.0 Å². The van der Waals surface area contributed by atoms with Crippen LogP contribution in [0.5, 0.6) is 0 Å². The molecule has 0 unspecified atom stereocenters. The van der Waals surface area contributed by atoms with Crippen LogP contribution in [-0.4, -0.2) is 9.78 Å². The van der Waals surface area contributed by atoms with Gasteiger partial charge in [0.1, 0.15) is 5.15 Å². The van der Waals surface area contributed by atoms with Gasteiger partial charge in [0.2, 0.25) is 0 Å². The van der Waals surface area contributed by atoms with Crippen molar-refractivity contribution in [2.45, 2.75) is 31.4 Å². The summed E-state index contributed by atoms with van der Waals surface area (Å²) in [4.78, 5) is 1.28. The van der Waals surface area contributed by atoms with Crippen molar-refractivity contribution in [3.8, 4) is 0 Å². The minimum atomic E-state index is 0.740. The minimum absolute atomic E-state index is 0.740. The van der Waals surface area contributed by atoms with E-state index in [1.54, 1.807) is 16.4 Å². The molecule has 0 bridgehead atoms. The highest BCUT2D eigenvalue weighted by molar-refractivity contribution is 7.98. The molecule has 1 heterocycles. The molecule has 96 valence electrons. The van der Waals surface area contributed by atoms with Gasteiger partial charge in [0.15, 0.2) is 0 Å². The largest absolute Gasteiger partial charge is 0.257 e. The first-order chi connectivity index (χ1) is 8.49. The average molecular weight is 281 g/mol. The molecule has 0 spiro atoms. The summed E-state index contributed by atoms with van der Waals surface area (Å²) in [5.74, 6) is 0.862. The van der Waals surface area contributed by atoms with Crippen LogP contribution in [-0.2, 0) is 12.8 Å². The Labute approximate surface area is 117 Å². The van der Waals surface area contributed by atoms with Crippen LogP contribution in [0.3, 0.4) is 0 Å². The van der Waals surface area contributed by atoms with Gasteiger partial charge < -0.3 is 0 Å². The average Bonchev–Trinajstić information content (AvgIpc) is 2.56. The van der Waals surface area contributed by atoms with Crippen LogP contribution in [0.15, 0.2) is 23.1 Å². The van der Waals surface area contributed by atoms with Gasteiger partial charge in [-0.15, -0.1) is 11.8 Å². The molecular formula is C14H17ClN2S. The Kier molecular flexibility index (Phi) is 4.03. The van der Waals surface area contributed by atoms with Gasteiger partial charge >= 0.3 is 0 Å². The van der Waals surface area contributed by atoms with Crippen LogP contribution in [0.25, 0.3) is 0 Å². The number of benzene rings is 1. The second-order valence-corrected chi connectivity index (χ2v) is 5.92. The quantitative estimate of drug-likeness (QED) is 0.781. The predicted octanol–water partition coefficient (Wildman–Crippen LogP) is 4.29. The van der Waals surface area contributed by atoms with Gasteiger partial charge in [-0.1, -0.05) is 17.7 Å². The summed E-state index contributed by atoms with van der Waals surface area (Å²) in [6.45, 7) is 6.27. The smallest absolute Gasteiger partial charge is 0.131 e. The van der Waals surface area contributed by atoms with Gasteiger partial charge in [-0.25, -0.2) is 0 Å². The maximum absolute atomic E-state index is 6.22.